The molecule has 30 heavy (non-hydrogen) atoms. The Morgan fingerprint density at radius 2 is 1.97 bits per heavy atom. The van der Waals surface area contributed by atoms with E-state index in [2.05, 4.69) is 0 Å². The smallest absolute Gasteiger partial charge is 0.337 e. The lowest BCUT2D eigenvalue weighted by Crippen LogP contribution is -2.33. The van der Waals surface area contributed by atoms with Crippen molar-refractivity contribution in [2.45, 2.75) is 24.8 Å². The van der Waals surface area contributed by atoms with E-state index >= 15 is 0 Å². The van der Waals surface area contributed by atoms with Crippen molar-refractivity contribution in [1.29, 1.82) is 0 Å². The summed E-state index contributed by atoms with van der Waals surface area (Å²) in [4.78, 5) is 26.1. The highest BCUT2D eigenvalue weighted by atomic mass is 32.2. The molecule has 0 unspecified atom stereocenters. The maximum atomic E-state index is 14.8. The standard InChI is InChI=1S/C21H22FNO6S/c1-4-15-16(6-8-18(19(15)22)30(3,26)27)20(24)23-9-10-29-17-7-5-13(21(25)28-2)11-14(17)12-23/h5-8,11H,4,9-10,12H2,1-3H3. The molecule has 1 amide bonds. The molecule has 0 radical (unpaired) electrons. The Morgan fingerprint density at radius 3 is 2.60 bits per heavy atom. The number of benzene rings is 2. The zero-order valence-electron chi connectivity index (χ0n) is 16.9. The number of ether oxygens (including phenoxy) is 2. The third-order valence-corrected chi connectivity index (χ3v) is 6.05. The zero-order valence-corrected chi connectivity index (χ0v) is 17.7. The highest BCUT2D eigenvalue weighted by molar-refractivity contribution is 7.90. The number of nitrogens with zero attached hydrogens (tertiary/aromatic N) is 1. The van der Waals surface area contributed by atoms with Crippen LogP contribution in [0.25, 0.3) is 0 Å². The van der Waals surface area contributed by atoms with Crippen LogP contribution in [0.4, 0.5) is 4.39 Å². The number of amides is 1. The lowest BCUT2D eigenvalue weighted by molar-refractivity contribution is 0.0600. The van der Waals surface area contributed by atoms with Gasteiger partial charge in [0, 0.05) is 29.5 Å². The molecule has 1 heterocycles. The second-order valence-electron chi connectivity index (χ2n) is 6.92. The topological polar surface area (TPSA) is 90.0 Å². The molecule has 0 atom stereocenters. The minimum absolute atomic E-state index is 0.0524. The Bertz CT molecular complexity index is 1110. The Kier molecular flexibility index (Phi) is 6.12. The Morgan fingerprint density at radius 1 is 1.23 bits per heavy atom. The molecule has 0 fully saturated rings. The molecular weight excluding hydrogens is 413 g/mol. The van der Waals surface area contributed by atoms with Crippen LogP contribution in [-0.4, -0.2) is 51.7 Å². The lowest BCUT2D eigenvalue weighted by Gasteiger charge is -2.22. The third-order valence-electron chi connectivity index (χ3n) is 4.94. The molecule has 7 nitrogen and oxygen atoms in total. The van der Waals surface area contributed by atoms with E-state index in [1.165, 1.54) is 18.1 Å². The number of methoxy groups -OCH3 is 1. The van der Waals surface area contributed by atoms with Crippen LogP contribution in [0.3, 0.4) is 0 Å². The van der Waals surface area contributed by atoms with Crippen LogP contribution < -0.4 is 4.74 Å². The van der Waals surface area contributed by atoms with Crippen LogP contribution in [0.1, 0.15) is 38.8 Å². The zero-order chi connectivity index (χ0) is 22.1. The fourth-order valence-electron chi connectivity index (χ4n) is 3.41. The van der Waals surface area contributed by atoms with Gasteiger partial charge in [-0.25, -0.2) is 17.6 Å². The molecule has 0 bridgehead atoms. The van der Waals surface area contributed by atoms with E-state index < -0.39 is 32.4 Å². The predicted molar refractivity (Wildman–Crippen MR) is 107 cm³/mol. The summed E-state index contributed by atoms with van der Waals surface area (Å²) < 4.78 is 48.9. The average molecular weight is 435 g/mol. The van der Waals surface area contributed by atoms with Crippen molar-refractivity contribution in [3.8, 4) is 5.75 Å². The summed E-state index contributed by atoms with van der Waals surface area (Å²) >= 11 is 0. The van der Waals surface area contributed by atoms with Crippen molar-refractivity contribution in [2.75, 3.05) is 26.5 Å². The number of hydrogen-bond donors (Lipinski definition) is 0. The number of sulfone groups is 1. The Hall–Kier alpha value is -2.94. The summed E-state index contributed by atoms with van der Waals surface area (Å²) in [6.07, 6.45) is 1.08. The molecular formula is C21H22FNO6S. The number of carbonyl (C=O) groups is 2. The van der Waals surface area contributed by atoms with Crippen molar-refractivity contribution in [2.24, 2.45) is 0 Å². The van der Waals surface area contributed by atoms with Crippen LogP contribution >= 0.6 is 0 Å². The van der Waals surface area contributed by atoms with Gasteiger partial charge in [0.2, 0.25) is 0 Å². The van der Waals surface area contributed by atoms with Crippen LogP contribution in [0.15, 0.2) is 35.2 Å². The molecule has 9 heteroatoms. The van der Waals surface area contributed by atoms with Gasteiger partial charge in [0.05, 0.1) is 19.2 Å². The molecule has 0 saturated heterocycles. The lowest BCUT2D eigenvalue weighted by atomic mass is 10.0. The van der Waals surface area contributed by atoms with Gasteiger partial charge in [0.1, 0.15) is 23.1 Å². The molecule has 3 rings (SSSR count). The van der Waals surface area contributed by atoms with Gasteiger partial charge < -0.3 is 14.4 Å². The normalized spacial score (nSPS) is 13.8. The molecule has 0 saturated carbocycles. The predicted octanol–water partition coefficient (Wildman–Crippen LogP) is 2.61. The van der Waals surface area contributed by atoms with Crippen molar-refractivity contribution in [3.63, 3.8) is 0 Å². The van der Waals surface area contributed by atoms with Crippen LogP contribution in [0.5, 0.6) is 5.75 Å². The Balaban J connectivity index is 1.98. The second-order valence-corrected chi connectivity index (χ2v) is 8.90. The van der Waals surface area contributed by atoms with Crippen molar-refractivity contribution in [1.82, 2.24) is 4.90 Å². The summed E-state index contributed by atoms with van der Waals surface area (Å²) in [5, 5.41) is 0. The Labute approximate surface area is 174 Å². The second kappa shape index (κ2) is 8.43. The first-order valence-electron chi connectivity index (χ1n) is 9.32. The van der Waals surface area contributed by atoms with Crippen molar-refractivity contribution < 1.29 is 31.9 Å². The van der Waals surface area contributed by atoms with E-state index in [1.54, 1.807) is 25.1 Å². The monoisotopic (exact) mass is 435 g/mol. The fourth-order valence-corrected chi connectivity index (χ4v) is 4.18. The number of fused-ring (bicyclic) bond motifs is 1. The minimum atomic E-state index is -3.76. The van der Waals surface area contributed by atoms with Gasteiger partial charge >= 0.3 is 5.97 Å². The third kappa shape index (κ3) is 4.16. The molecule has 0 aromatic heterocycles. The summed E-state index contributed by atoms with van der Waals surface area (Å²) in [5.41, 5.74) is 1.11. The summed E-state index contributed by atoms with van der Waals surface area (Å²) in [7, 11) is -2.48. The maximum Gasteiger partial charge on any atom is 0.337 e. The van der Waals surface area contributed by atoms with Crippen molar-refractivity contribution >= 4 is 21.7 Å². The first-order valence-corrected chi connectivity index (χ1v) is 11.2. The van der Waals surface area contributed by atoms with E-state index in [9.17, 15) is 22.4 Å². The van der Waals surface area contributed by atoms with E-state index in [4.69, 9.17) is 9.47 Å². The molecule has 1 aliphatic rings. The average Bonchev–Trinajstić information content (AvgIpc) is 2.93. The molecule has 160 valence electrons. The van der Waals surface area contributed by atoms with E-state index in [0.717, 1.165) is 12.3 Å². The summed E-state index contributed by atoms with van der Waals surface area (Å²) in [6.45, 7) is 2.28. The van der Waals surface area contributed by atoms with Gasteiger partial charge in [0.25, 0.3) is 5.91 Å². The van der Waals surface area contributed by atoms with E-state index in [1.807, 2.05) is 0 Å². The number of halogens is 1. The van der Waals surface area contributed by atoms with Gasteiger partial charge in [-0.3, -0.25) is 4.79 Å². The van der Waals surface area contributed by atoms with Gasteiger partial charge in [-0.15, -0.1) is 0 Å². The number of carbonyl (C=O) groups excluding carboxylic acids is 2. The number of rotatable bonds is 4. The van der Waals surface area contributed by atoms with E-state index in [-0.39, 0.29) is 37.2 Å². The summed E-state index contributed by atoms with van der Waals surface area (Å²) in [6, 6.07) is 7.29. The molecule has 2 aromatic carbocycles. The van der Waals surface area contributed by atoms with Gasteiger partial charge in [-0.1, -0.05) is 6.92 Å². The van der Waals surface area contributed by atoms with Crippen molar-refractivity contribution in [3.05, 3.63) is 58.4 Å². The maximum absolute atomic E-state index is 14.8. The first kappa shape index (κ1) is 21.8. The molecule has 0 aliphatic carbocycles. The molecule has 0 spiro atoms. The SMILES string of the molecule is CCc1c(C(=O)N2CCOc3ccc(C(=O)OC)cc3C2)ccc(S(C)(=O)=O)c1F. The minimum Gasteiger partial charge on any atom is -0.491 e. The fraction of sp³-hybridized carbons (Fsp3) is 0.333. The number of hydrogen-bond acceptors (Lipinski definition) is 6. The number of esters is 1. The van der Waals surface area contributed by atoms with Crippen LogP contribution in [-0.2, 0) is 27.5 Å². The van der Waals surface area contributed by atoms with E-state index in [0.29, 0.717) is 16.9 Å². The van der Waals surface area contributed by atoms with Gasteiger partial charge in [-0.05, 0) is 36.8 Å². The highest BCUT2D eigenvalue weighted by Gasteiger charge is 2.27. The van der Waals surface area contributed by atoms with Crippen LogP contribution in [0.2, 0.25) is 0 Å². The largest absolute Gasteiger partial charge is 0.491 e. The first-order chi connectivity index (χ1) is 14.2. The summed E-state index contributed by atoms with van der Waals surface area (Å²) in [5.74, 6) is -1.30. The molecule has 2 aromatic rings. The van der Waals surface area contributed by atoms with Gasteiger partial charge in [0.15, 0.2) is 9.84 Å². The highest BCUT2D eigenvalue weighted by Crippen LogP contribution is 2.28. The van der Waals surface area contributed by atoms with Crippen LogP contribution in [0, 0.1) is 5.82 Å². The molecule has 0 N–H and O–H groups in total. The quantitative estimate of drug-likeness (QED) is 0.686. The molecule has 1 aliphatic heterocycles. The van der Waals surface area contributed by atoms with Gasteiger partial charge in [-0.2, -0.15) is 0 Å².